The van der Waals surface area contributed by atoms with E-state index in [1.54, 1.807) is 0 Å². The number of hydrogen-bond acceptors (Lipinski definition) is 1. The second kappa shape index (κ2) is 5.94. The first-order valence-corrected chi connectivity index (χ1v) is 9.94. The fourth-order valence-corrected chi connectivity index (χ4v) is 6.48. The van der Waals surface area contributed by atoms with Crippen molar-refractivity contribution in [3.8, 4) is 0 Å². The van der Waals surface area contributed by atoms with Crippen molar-refractivity contribution < 1.29 is 0 Å². The molecular formula is C20H28BrN. The Balaban J connectivity index is 1.57. The van der Waals surface area contributed by atoms with Gasteiger partial charge in [-0.25, -0.2) is 0 Å². The van der Waals surface area contributed by atoms with Crippen LogP contribution in [0.1, 0.15) is 51.0 Å². The summed E-state index contributed by atoms with van der Waals surface area (Å²) in [7, 11) is 0. The number of hydrogen-bond donors (Lipinski definition) is 1. The molecule has 0 saturated heterocycles. The van der Waals surface area contributed by atoms with Crippen LogP contribution in [0.4, 0.5) is 0 Å². The molecule has 22 heavy (non-hydrogen) atoms. The minimum Gasteiger partial charge on any atom is -0.313 e. The van der Waals surface area contributed by atoms with E-state index in [0.717, 1.165) is 24.3 Å². The van der Waals surface area contributed by atoms with Crippen LogP contribution in [0, 0.1) is 23.2 Å². The molecule has 4 saturated carbocycles. The van der Waals surface area contributed by atoms with Crippen LogP contribution in [-0.4, -0.2) is 12.6 Å². The van der Waals surface area contributed by atoms with E-state index in [0.29, 0.717) is 11.5 Å². The Labute approximate surface area is 143 Å². The first-order valence-electron chi connectivity index (χ1n) is 9.15. The summed E-state index contributed by atoms with van der Waals surface area (Å²) in [6, 6.07) is 9.66. The molecule has 0 spiro atoms. The average molecular weight is 362 g/mol. The van der Waals surface area contributed by atoms with Gasteiger partial charge in [-0.3, -0.25) is 0 Å². The van der Waals surface area contributed by atoms with Crippen LogP contribution in [0.25, 0.3) is 0 Å². The van der Waals surface area contributed by atoms with Crippen LogP contribution in [0.5, 0.6) is 0 Å². The molecule has 2 heteroatoms. The Morgan fingerprint density at radius 3 is 2.09 bits per heavy atom. The SMILES string of the molecule is CCNC(Cc1ccc(Br)cc1)C12CC3CC(CC(C3)C1)C2. The van der Waals surface area contributed by atoms with Crippen molar-refractivity contribution in [3.63, 3.8) is 0 Å². The summed E-state index contributed by atoms with van der Waals surface area (Å²) in [5.74, 6) is 3.12. The lowest BCUT2D eigenvalue weighted by atomic mass is 9.47. The van der Waals surface area contributed by atoms with Crippen LogP contribution < -0.4 is 5.32 Å². The van der Waals surface area contributed by atoms with Crippen molar-refractivity contribution in [2.75, 3.05) is 6.54 Å². The molecule has 0 amide bonds. The number of likely N-dealkylation sites (N-methyl/N-ethyl adjacent to an activating group) is 1. The first kappa shape index (κ1) is 15.2. The minimum atomic E-state index is 0.595. The van der Waals surface area contributed by atoms with Gasteiger partial charge in [0.2, 0.25) is 0 Å². The van der Waals surface area contributed by atoms with Gasteiger partial charge in [0.15, 0.2) is 0 Å². The Morgan fingerprint density at radius 2 is 1.59 bits per heavy atom. The van der Waals surface area contributed by atoms with Crippen LogP contribution in [0.15, 0.2) is 28.7 Å². The first-order chi connectivity index (χ1) is 10.7. The third-order valence-corrected chi connectivity index (χ3v) is 7.16. The molecule has 0 heterocycles. The summed E-state index contributed by atoms with van der Waals surface area (Å²) in [6.45, 7) is 3.37. The number of halogens is 1. The van der Waals surface area contributed by atoms with E-state index in [-0.39, 0.29) is 0 Å². The lowest BCUT2D eigenvalue weighted by molar-refractivity contribution is -0.0734. The largest absolute Gasteiger partial charge is 0.313 e. The second-order valence-corrected chi connectivity index (χ2v) is 9.14. The zero-order chi connectivity index (χ0) is 15.2. The lowest BCUT2D eigenvalue weighted by Crippen LogP contribution is -2.56. The fourth-order valence-electron chi connectivity index (χ4n) is 6.21. The maximum atomic E-state index is 3.89. The topological polar surface area (TPSA) is 12.0 Å². The van der Waals surface area contributed by atoms with Gasteiger partial charge in [0.1, 0.15) is 0 Å². The zero-order valence-corrected chi connectivity index (χ0v) is 15.2. The molecule has 1 atom stereocenters. The molecule has 1 N–H and O–H groups in total. The van der Waals surface area contributed by atoms with Crippen molar-refractivity contribution in [1.29, 1.82) is 0 Å². The van der Waals surface area contributed by atoms with E-state index in [1.165, 1.54) is 55.0 Å². The second-order valence-electron chi connectivity index (χ2n) is 8.22. The summed E-state index contributed by atoms with van der Waals surface area (Å²) in [4.78, 5) is 0. The smallest absolute Gasteiger partial charge is 0.0175 e. The Morgan fingerprint density at radius 1 is 1.05 bits per heavy atom. The van der Waals surface area contributed by atoms with Crippen LogP contribution in [0.3, 0.4) is 0 Å². The van der Waals surface area contributed by atoms with E-state index < -0.39 is 0 Å². The molecule has 1 nitrogen and oxygen atoms in total. The molecular weight excluding hydrogens is 334 g/mol. The van der Waals surface area contributed by atoms with Gasteiger partial charge < -0.3 is 5.32 Å². The molecule has 4 bridgehead atoms. The molecule has 4 aliphatic carbocycles. The Hall–Kier alpha value is -0.340. The van der Waals surface area contributed by atoms with Crippen molar-refractivity contribution in [2.24, 2.45) is 23.2 Å². The summed E-state index contributed by atoms with van der Waals surface area (Å²) in [6.07, 6.45) is 10.3. The van der Waals surface area contributed by atoms with E-state index in [2.05, 4.69) is 52.4 Å². The minimum absolute atomic E-state index is 0.595. The van der Waals surface area contributed by atoms with Crippen molar-refractivity contribution >= 4 is 15.9 Å². The zero-order valence-electron chi connectivity index (χ0n) is 13.7. The van der Waals surface area contributed by atoms with Gasteiger partial charge in [0.25, 0.3) is 0 Å². The van der Waals surface area contributed by atoms with Crippen LogP contribution >= 0.6 is 15.9 Å². The predicted molar refractivity (Wildman–Crippen MR) is 95.9 cm³/mol. The summed E-state index contributed by atoms with van der Waals surface area (Å²) < 4.78 is 1.19. The molecule has 0 aromatic heterocycles. The number of nitrogens with one attached hydrogen (secondary N) is 1. The normalized spacial score (nSPS) is 37.5. The molecule has 1 aromatic carbocycles. The molecule has 4 aliphatic rings. The van der Waals surface area contributed by atoms with E-state index >= 15 is 0 Å². The summed E-state index contributed by atoms with van der Waals surface area (Å²) in [5.41, 5.74) is 2.09. The van der Waals surface area contributed by atoms with Gasteiger partial charge in [0.05, 0.1) is 0 Å². The van der Waals surface area contributed by atoms with E-state index in [1.807, 2.05) is 0 Å². The van der Waals surface area contributed by atoms with Gasteiger partial charge in [-0.15, -0.1) is 0 Å². The van der Waals surface area contributed by atoms with Gasteiger partial charge in [-0.1, -0.05) is 35.0 Å². The molecule has 0 aliphatic heterocycles. The van der Waals surface area contributed by atoms with Crippen molar-refractivity contribution in [3.05, 3.63) is 34.3 Å². The molecule has 120 valence electrons. The third kappa shape index (κ3) is 2.78. The van der Waals surface area contributed by atoms with Crippen molar-refractivity contribution in [2.45, 2.75) is 57.9 Å². The van der Waals surface area contributed by atoms with Crippen molar-refractivity contribution in [1.82, 2.24) is 5.32 Å². The quantitative estimate of drug-likeness (QED) is 0.760. The molecule has 4 fully saturated rings. The standard InChI is InChI=1S/C20H28BrN/c1-2-22-19(10-14-3-5-18(21)6-4-14)20-11-15-7-16(12-20)9-17(8-15)13-20/h3-6,15-17,19,22H,2,7-13H2,1H3. The highest BCUT2D eigenvalue weighted by molar-refractivity contribution is 9.10. The highest BCUT2D eigenvalue weighted by atomic mass is 79.9. The summed E-state index contributed by atoms with van der Waals surface area (Å²) >= 11 is 3.56. The van der Waals surface area contributed by atoms with Gasteiger partial charge in [0, 0.05) is 10.5 Å². The van der Waals surface area contributed by atoms with Crippen LogP contribution in [0.2, 0.25) is 0 Å². The number of rotatable bonds is 5. The lowest BCUT2D eigenvalue weighted by Gasteiger charge is -2.59. The third-order valence-electron chi connectivity index (χ3n) is 6.63. The van der Waals surface area contributed by atoms with Gasteiger partial charge in [-0.05, 0) is 92.4 Å². The average Bonchev–Trinajstić information content (AvgIpc) is 2.47. The van der Waals surface area contributed by atoms with Crippen LogP contribution in [-0.2, 0) is 6.42 Å². The van der Waals surface area contributed by atoms with E-state index in [9.17, 15) is 0 Å². The van der Waals surface area contributed by atoms with Gasteiger partial charge in [-0.2, -0.15) is 0 Å². The van der Waals surface area contributed by atoms with E-state index in [4.69, 9.17) is 0 Å². The van der Waals surface area contributed by atoms with Gasteiger partial charge >= 0.3 is 0 Å². The molecule has 1 unspecified atom stereocenters. The monoisotopic (exact) mass is 361 g/mol. The maximum absolute atomic E-state index is 3.89. The number of benzene rings is 1. The maximum Gasteiger partial charge on any atom is 0.0175 e. The molecule has 0 radical (unpaired) electrons. The Bertz CT molecular complexity index is 486. The summed E-state index contributed by atoms with van der Waals surface area (Å²) in [5, 5.41) is 3.89. The predicted octanol–water partition coefficient (Wildman–Crippen LogP) is 5.19. The fraction of sp³-hybridized carbons (Fsp3) is 0.700. The highest BCUT2D eigenvalue weighted by Crippen LogP contribution is 2.61. The molecule has 1 aromatic rings. The Kier molecular flexibility index (Phi) is 4.11. The highest BCUT2D eigenvalue weighted by Gasteiger charge is 2.53. The molecule has 5 rings (SSSR count).